The van der Waals surface area contributed by atoms with Gasteiger partial charge in [0.05, 0.1) is 6.10 Å². The number of β-amino-alcohol motifs (C(OH)–C–C–N with tert-alkyl or cyclic N) is 1. The highest BCUT2D eigenvalue weighted by atomic mass is 16.6. The summed E-state index contributed by atoms with van der Waals surface area (Å²) in [5, 5.41) is 19.6. The number of carbonyl (C=O) groups excluding carboxylic acids is 1. The maximum absolute atomic E-state index is 11.6. The Morgan fingerprint density at radius 3 is 2.83 bits per heavy atom. The number of hydrogen-bond donors (Lipinski definition) is 1. The molecule has 18 heavy (non-hydrogen) atoms. The van der Waals surface area contributed by atoms with E-state index in [-0.39, 0.29) is 18.1 Å². The monoisotopic (exact) mass is 254 g/mol. The van der Waals surface area contributed by atoms with Crippen molar-refractivity contribution in [2.24, 2.45) is 0 Å². The van der Waals surface area contributed by atoms with Gasteiger partial charge in [-0.15, -0.1) is 0 Å². The third kappa shape index (κ3) is 2.48. The Hall–Kier alpha value is -1.96. The predicted molar refractivity (Wildman–Crippen MR) is 60.8 cm³/mol. The van der Waals surface area contributed by atoms with Crippen molar-refractivity contribution in [2.45, 2.75) is 26.0 Å². The van der Waals surface area contributed by atoms with Crippen LogP contribution in [0.2, 0.25) is 0 Å². The normalized spacial score (nSPS) is 15.6. The van der Waals surface area contributed by atoms with Gasteiger partial charge in [0.2, 0.25) is 11.7 Å². The molecule has 8 heteroatoms. The highest BCUT2D eigenvalue weighted by Crippen LogP contribution is 2.13. The summed E-state index contributed by atoms with van der Waals surface area (Å²) in [4.78, 5) is 27.0. The first-order valence-electron chi connectivity index (χ1n) is 5.61. The lowest BCUT2D eigenvalue weighted by Crippen LogP contribution is -2.53. The van der Waals surface area contributed by atoms with Crippen molar-refractivity contribution in [2.75, 3.05) is 13.1 Å². The molecule has 1 aliphatic rings. The summed E-state index contributed by atoms with van der Waals surface area (Å²) in [6, 6.07) is 0. The quantitative estimate of drug-likeness (QED) is 0.586. The molecule has 0 atom stereocenters. The van der Waals surface area contributed by atoms with Crippen molar-refractivity contribution in [3.8, 4) is 0 Å². The van der Waals surface area contributed by atoms with E-state index in [0.29, 0.717) is 25.5 Å². The van der Waals surface area contributed by atoms with E-state index in [0.717, 1.165) is 0 Å². The molecule has 1 aromatic rings. The fraction of sp³-hybridized carbons (Fsp3) is 0.600. The van der Waals surface area contributed by atoms with Gasteiger partial charge >= 0.3 is 5.82 Å². The second kappa shape index (κ2) is 4.73. The molecule has 0 radical (unpaired) electrons. The summed E-state index contributed by atoms with van der Waals surface area (Å²) < 4.78 is 1.59. The number of imidazole rings is 1. The van der Waals surface area contributed by atoms with E-state index in [1.54, 1.807) is 16.4 Å². The molecule has 0 saturated carbocycles. The largest absolute Gasteiger partial charge is 0.389 e. The molecule has 8 nitrogen and oxygen atoms in total. The van der Waals surface area contributed by atoms with Crippen LogP contribution in [0.5, 0.6) is 0 Å². The van der Waals surface area contributed by atoms with Crippen molar-refractivity contribution >= 4 is 11.7 Å². The highest BCUT2D eigenvalue weighted by molar-refractivity contribution is 5.77. The Morgan fingerprint density at radius 1 is 1.67 bits per heavy atom. The molecule has 0 bridgehead atoms. The number of aryl methyl sites for hydroxylation is 2. The Balaban J connectivity index is 1.90. The van der Waals surface area contributed by atoms with Crippen molar-refractivity contribution in [1.82, 2.24) is 14.5 Å². The van der Waals surface area contributed by atoms with E-state index < -0.39 is 11.0 Å². The van der Waals surface area contributed by atoms with E-state index in [9.17, 15) is 14.9 Å². The first kappa shape index (κ1) is 12.5. The van der Waals surface area contributed by atoms with Gasteiger partial charge in [0.25, 0.3) is 0 Å². The molecular weight excluding hydrogens is 240 g/mol. The van der Waals surface area contributed by atoms with Crippen LogP contribution in [0, 0.1) is 17.0 Å². The van der Waals surface area contributed by atoms with Gasteiger partial charge in [-0.05, 0) is 9.91 Å². The molecule has 1 amide bonds. The number of carbonyl (C=O) groups is 1. The van der Waals surface area contributed by atoms with E-state index in [2.05, 4.69) is 4.98 Å². The number of nitro groups is 1. The second-order valence-electron chi connectivity index (χ2n) is 4.30. The van der Waals surface area contributed by atoms with Gasteiger partial charge in [0.1, 0.15) is 6.20 Å². The molecule has 1 fully saturated rings. The minimum Gasteiger partial charge on any atom is -0.389 e. The molecule has 1 N–H and O–H groups in total. The molecular formula is C10H14N4O4. The van der Waals surface area contributed by atoms with Crippen molar-refractivity contribution in [3.63, 3.8) is 0 Å². The van der Waals surface area contributed by atoms with Crippen LogP contribution in [0.4, 0.5) is 5.82 Å². The van der Waals surface area contributed by atoms with Crippen molar-refractivity contribution in [3.05, 3.63) is 22.1 Å². The van der Waals surface area contributed by atoms with Crippen LogP contribution in [0.25, 0.3) is 0 Å². The molecule has 1 aliphatic heterocycles. The third-order valence-corrected chi connectivity index (χ3v) is 2.93. The van der Waals surface area contributed by atoms with Crippen LogP contribution in [0.15, 0.2) is 6.20 Å². The summed E-state index contributed by atoms with van der Waals surface area (Å²) in [5.41, 5.74) is 0. The van der Waals surface area contributed by atoms with E-state index in [1.807, 2.05) is 0 Å². The number of aromatic nitrogens is 2. The lowest BCUT2D eigenvalue weighted by Gasteiger charge is -2.35. The van der Waals surface area contributed by atoms with Crippen LogP contribution >= 0.6 is 0 Å². The van der Waals surface area contributed by atoms with Gasteiger partial charge in [0.15, 0.2) is 0 Å². The average Bonchev–Trinajstić information content (AvgIpc) is 2.64. The molecule has 0 unspecified atom stereocenters. The maximum Gasteiger partial charge on any atom is 0.381 e. The van der Waals surface area contributed by atoms with Crippen LogP contribution in [0.1, 0.15) is 12.2 Å². The van der Waals surface area contributed by atoms with E-state index >= 15 is 0 Å². The molecule has 0 aromatic carbocycles. The number of hydrogen-bond acceptors (Lipinski definition) is 5. The molecule has 1 aromatic heterocycles. The van der Waals surface area contributed by atoms with Gasteiger partial charge in [-0.3, -0.25) is 4.79 Å². The summed E-state index contributed by atoms with van der Waals surface area (Å²) in [5.74, 6) is 0.244. The van der Waals surface area contributed by atoms with Gasteiger partial charge < -0.3 is 24.7 Å². The minimum absolute atomic E-state index is 0.0592. The Kier molecular flexibility index (Phi) is 3.28. The predicted octanol–water partition coefficient (Wildman–Crippen LogP) is -0.307. The number of amides is 1. The highest BCUT2D eigenvalue weighted by Gasteiger charge is 2.28. The molecule has 0 aliphatic carbocycles. The minimum atomic E-state index is -0.558. The first-order chi connectivity index (χ1) is 8.47. The Morgan fingerprint density at radius 2 is 2.33 bits per heavy atom. The van der Waals surface area contributed by atoms with Gasteiger partial charge in [-0.1, -0.05) is 0 Å². The number of aliphatic hydroxyl groups is 1. The van der Waals surface area contributed by atoms with Crippen LogP contribution in [0.3, 0.4) is 0 Å². The maximum atomic E-state index is 11.6. The Labute approximate surface area is 103 Å². The number of rotatable bonds is 4. The van der Waals surface area contributed by atoms with Crippen LogP contribution in [-0.2, 0) is 11.3 Å². The number of nitrogens with zero attached hydrogens (tertiary/aromatic N) is 4. The topological polar surface area (TPSA) is 102 Å². The van der Waals surface area contributed by atoms with Crippen molar-refractivity contribution in [1.29, 1.82) is 0 Å². The first-order valence-corrected chi connectivity index (χ1v) is 5.61. The van der Waals surface area contributed by atoms with Gasteiger partial charge in [0, 0.05) is 33.0 Å². The third-order valence-electron chi connectivity index (χ3n) is 2.93. The Bertz CT molecular complexity index is 478. The number of likely N-dealkylation sites (tertiary alicyclic amines) is 1. The standard InChI is InChI=1S/C10H14N4O4/c1-7-11-9(14(17)18)6-12(7)3-2-10(16)13-4-8(15)5-13/h6,8,15H,2-5H2,1H3. The van der Waals surface area contributed by atoms with Crippen molar-refractivity contribution < 1.29 is 14.8 Å². The smallest absolute Gasteiger partial charge is 0.381 e. The summed E-state index contributed by atoms with van der Waals surface area (Å²) in [6.07, 6.45) is 1.17. The lowest BCUT2D eigenvalue weighted by molar-refractivity contribution is -0.389. The SMILES string of the molecule is Cc1nc([N+](=O)[O-])cn1CCC(=O)N1CC(O)C1. The fourth-order valence-electron chi connectivity index (χ4n) is 1.84. The molecule has 98 valence electrons. The summed E-state index contributed by atoms with van der Waals surface area (Å²) in [6.45, 7) is 2.77. The second-order valence-corrected chi connectivity index (χ2v) is 4.30. The fourth-order valence-corrected chi connectivity index (χ4v) is 1.84. The average molecular weight is 254 g/mol. The summed E-state index contributed by atoms with van der Waals surface area (Å²) in [7, 11) is 0. The zero-order chi connectivity index (χ0) is 13.3. The van der Waals surface area contributed by atoms with E-state index in [4.69, 9.17) is 5.11 Å². The molecule has 1 saturated heterocycles. The van der Waals surface area contributed by atoms with Gasteiger partial charge in [-0.2, -0.15) is 0 Å². The lowest BCUT2D eigenvalue weighted by atomic mass is 10.1. The van der Waals surface area contributed by atoms with Gasteiger partial charge in [-0.25, -0.2) is 0 Å². The zero-order valence-electron chi connectivity index (χ0n) is 9.94. The van der Waals surface area contributed by atoms with Crippen LogP contribution < -0.4 is 0 Å². The number of aliphatic hydroxyl groups excluding tert-OH is 1. The van der Waals surface area contributed by atoms with E-state index in [1.165, 1.54) is 6.20 Å². The molecule has 2 rings (SSSR count). The molecule has 2 heterocycles. The molecule has 0 spiro atoms. The van der Waals surface area contributed by atoms with Crippen LogP contribution in [-0.4, -0.2) is 49.6 Å². The zero-order valence-corrected chi connectivity index (χ0v) is 9.94. The summed E-state index contributed by atoms with van der Waals surface area (Å²) >= 11 is 0.